The van der Waals surface area contributed by atoms with Crippen molar-refractivity contribution >= 4 is 12.0 Å². The number of urea groups is 1. The summed E-state index contributed by atoms with van der Waals surface area (Å²) in [5, 5.41) is 9.42. The number of methoxy groups -OCH3 is 1. The molecule has 2 aliphatic rings. The Bertz CT molecular complexity index is 380. The molecule has 2 unspecified atom stereocenters. The second kappa shape index (κ2) is 7.11. The maximum Gasteiger partial charge on any atom is 0.326 e. The van der Waals surface area contributed by atoms with Gasteiger partial charge in [-0.15, -0.1) is 0 Å². The van der Waals surface area contributed by atoms with E-state index in [1.807, 2.05) is 0 Å². The first-order chi connectivity index (χ1) is 10.1. The van der Waals surface area contributed by atoms with E-state index in [-0.39, 0.29) is 12.1 Å². The number of rotatable bonds is 3. The van der Waals surface area contributed by atoms with Crippen molar-refractivity contribution in [1.29, 1.82) is 0 Å². The molecule has 2 heterocycles. The maximum absolute atomic E-state index is 12.6. The SMILES string of the molecule is CCC1CCN(C(=O)N2CCC(OC)CC2)C(C(=O)O)C1. The first-order valence-electron chi connectivity index (χ1n) is 7.88. The number of nitrogens with zero attached hydrogens (tertiary/aromatic N) is 2. The molecule has 6 nitrogen and oxygen atoms in total. The standard InChI is InChI=1S/C15H26N2O4/c1-3-11-4-9-17(13(10-11)14(18)19)15(20)16-7-5-12(21-2)6-8-16/h11-13H,3-10H2,1-2H3,(H,18,19). The lowest BCUT2D eigenvalue weighted by atomic mass is 9.89. The molecule has 2 amide bonds. The summed E-state index contributed by atoms with van der Waals surface area (Å²) < 4.78 is 5.31. The zero-order valence-electron chi connectivity index (χ0n) is 13.0. The Balaban J connectivity index is 1.98. The number of piperidine rings is 2. The highest BCUT2D eigenvalue weighted by atomic mass is 16.5. The van der Waals surface area contributed by atoms with E-state index in [1.54, 1.807) is 16.9 Å². The summed E-state index contributed by atoms with van der Waals surface area (Å²) in [6.45, 7) is 3.93. The van der Waals surface area contributed by atoms with Gasteiger partial charge < -0.3 is 19.6 Å². The van der Waals surface area contributed by atoms with Crippen molar-refractivity contribution in [3.8, 4) is 0 Å². The number of amides is 2. The van der Waals surface area contributed by atoms with Crippen LogP contribution in [0.25, 0.3) is 0 Å². The fourth-order valence-electron chi connectivity index (χ4n) is 3.34. The van der Waals surface area contributed by atoms with Gasteiger partial charge >= 0.3 is 12.0 Å². The minimum atomic E-state index is -0.881. The molecular weight excluding hydrogens is 272 g/mol. The van der Waals surface area contributed by atoms with Crippen molar-refractivity contribution < 1.29 is 19.4 Å². The third-order valence-electron chi connectivity index (χ3n) is 4.87. The van der Waals surface area contributed by atoms with Crippen LogP contribution in [0, 0.1) is 5.92 Å². The van der Waals surface area contributed by atoms with Crippen molar-refractivity contribution in [2.75, 3.05) is 26.7 Å². The van der Waals surface area contributed by atoms with E-state index >= 15 is 0 Å². The van der Waals surface area contributed by atoms with Gasteiger partial charge in [0.1, 0.15) is 6.04 Å². The molecule has 2 fully saturated rings. The van der Waals surface area contributed by atoms with Crippen molar-refractivity contribution in [2.24, 2.45) is 5.92 Å². The fraction of sp³-hybridized carbons (Fsp3) is 0.867. The number of carbonyl (C=O) groups is 2. The molecule has 0 aromatic heterocycles. The smallest absolute Gasteiger partial charge is 0.326 e. The Hall–Kier alpha value is -1.30. The topological polar surface area (TPSA) is 70.1 Å². The molecule has 0 radical (unpaired) electrons. The molecular formula is C15H26N2O4. The summed E-state index contributed by atoms with van der Waals surface area (Å²) >= 11 is 0. The quantitative estimate of drug-likeness (QED) is 0.862. The van der Waals surface area contributed by atoms with Crippen LogP contribution in [0.1, 0.15) is 39.0 Å². The Labute approximate surface area is 126 Å². The molecule has 0 spiro atoms. The average Bonchev–Trinajstić information content (AvgIpc) is 2.53. The molecule has 2 rings (SSSR count). The number of carbonyl (C=O) groups excluding carboxylic acids is 1. The maximum atomic E-state index is 12.6. The van der Waals surface area contributed by atoms with Gasteiger partial charge in [0.05, 0.1) is 6.10 Å². The number of carboxylic acid groups (broad SMARTS) is 1. The third kappa shape index (κ3) is 3.67. The summed E-state index contributed by atoms with van der Waals surface area (Å²) in [4.78, 5) is 27.4. The van der Waals surface area contributed by atoms with Gasteiger partial charge in [-0.2, -0.15) is 0 Å². The predicted octanol–water partition coefficient (Wildman–Crippen LogP) is 1.79. The zero-order chi connectivity index (χ0) is 15.4. The Morgan fingerprint density at radius 1 is 1.19 bits per heavy atom. The van der Waals surface area contributed by atoms with E-state index in [9.17, 15) is 14.7 Å². The van der Waals surface area contributed by atoms with Gasteiger partial charge in [-0.25, -0.2) is 9.59 Å². The van der Waals surface area contributed by atoms with Gasteiger partial charge in [-0.05, 0) is 31.6 Å². The molecule has 0 bridgehead atoms. The second-order valence-electron chi connectivity index (χ2n) is 6.05. The van der Waals surface area contributed by atoms with Crippen LogP contribution in [0.5, 0.6) is 0 Å². The van der Waals surface area contributed by atoms with Crippen LogP contribution in [0.4, 0.5) is 4.79 Å². The van der Waals surface area contributed by atoms with Gasteiger partial charge in [0, 0.05) is 26.7 Å². The lowest BCUT2D eigenvalue weighted by Crippen LogP contribution is -2.56. The van der Waals surface area contributed by atoms with E-state index in [2.05, 4.69) is 6.92 Å². The first kappa shape index (κ1) is 16.1. The van der Waals surface area contributed by atoms with Gasteiger partial charge in [0.15, 0.2) is 0 Å². The van der Waals surface area contributed by atoms with Crippen molar-refractivity contribution in [2.45, 2.75) is 51.2 Å². The van der Waals surface area contributed by atoms with Crippen LogP contribution in [0.15, 0.2) is 0 Å². The number of carboxylic acids is 1. The number of aliphatic carboxylic acids is 1. The largest absolute Gasteiger partial charge is 0.480 e. The molecule has 21 heavy (non-hydrogen) atoms. The average molecular weight is 298 g/mol. The van der Waals surface area contributed by atoms with E-state index in [0.717, 1.165) is 25.7 Å². The molecule has 0 aliphatic carbocycles. The van der Waals surface area contributed by atoms with Gasteiger partial charge in [0.2, 0.25) is 0 Å². The third-order valence-corrected chi connectivity index (χ3v) is 4.87. The number of hydrogen-bond donors (Lipinski definition) is 1. The summed E-state index contributed by atoms with van der Waals surface area (Å²) in [6.07, 6.45) is 4.32. The summed E-state index contributed by atoms with van der Waals surface area (Å²) in [6, 6.07) is -0.789. The minimum Gasteiger partial charge on any atom is -0.480 e. The highest BCUT2D eigenvalue weighted by Crippen LogP contribution is 2.27. The van der Waals surface area contributed by atoms with Crippen molar-refractivity contribution in [3.63, 3.8) is 0 Å². The lowest BCUT2D eigenvalue weighted by molar-refractivity contribution is -0.144. The Morgan fingerprint density at radius 2 is 1.86 bits per heavy atom. The van der Waals surface area contributed by atoms with Crippen LogP contribution >= 0.6 is 0 Å². The number of likely N-dealkylation sites (tertiary alicyclic amines) is 2. The summed E-state index contributed by atoms with van der Waals surface area (Å²) in [5.41, 5.74) is 0. The number of hydrogen-bond acceptors (Lipinski definition) is 3. The van der Waals surface area contributed by atoms with Crippen LogP contribution in [0.2, 0.25) is 0 Å². The zero-order valence-corrected chi connectivity index (χ0v) is 13.0. The van der Waals surface area contributed by atoms with E-state index in [4.69, 9.17) is 4.74 Å². The fourth-order valence-corrected chi connectivity index (χ4v) is 3.34. The van der Waals surface area contributed by atoms with Crippen molar-refractivity contribution in [3.05, 3.63) is 0 Å². The molecule has 0 aromatic carbocycles. The predicted molar refractivity (Wildman–Crippen MR) is 78.1 cm³/mol. The molecule has 6 heteroatoms. The minimum absolute atomic E-state index is 0.119. The summed E-state index contributed by atoms with van der Waals surface area (Å²) in [7, 11) is 1.69. The summed E-state index contributed by atoms with van der Waals surface area (Å²) in [5.74, 6) is -0.470. The van der Waals surface area contributed by atoms with Crippen molar-refractivity contribution in [1.82, 2.24) is 9.80 Å². The van der Waals surface area contributed by atoms with Crippen LogP contribution in [-0.2, 0) is 9.53 Å². The first-order valence-corrected chi connectivity index (χ1v) is 7.88. The molecule has 2 atom stereocenters. The van der Waals surface area contributed by atoms with Crippen LogP contribution in [-0.4, -0.2) is 65.8 Å². The highest BCUT2D eigenvalue weighted by Gasteiger charge is 2.38. The Morgan fingerprint density at radius 3 is 2.38 bits per heavy atom. The monoisotopic (exact) mass is 298 g/mol. The van der Waals surface area contributed by atoms with E-state index in [0.29, 0.717) is 32.0 Å². The Kier molecular flexibility index (Phi) is 5.45. The van der Waals surface area contributed by atoms with Crippen LogP contribution in [0.3, 0.4) is 0 Å². The number of ether oxygens (including phenoxy) is 1. The highest BCUT2D eigenvalue weighted by molar-refractivity contribution is 5.83. The molecule has 120 valence electrons. The van der Waals surface area contributed by atoms with E-state index < -0.39 is 12.0 Å². The normalized spacial score (nSPS) is 27.7. The molecule has 0 saturated carbocycles. The van der Waals surface area contributed by atoms with Gasteiger partial charge in [-0.1, -0.05) is 13.3 Å². The molecule has 2 aliphatic heterocycles. The molecule has 2 saturated heterocycles. The second-order valence-corrected chi connectivity index (χ2v) is 6.05. The molecule has 0 aromatic rings. The van der Waals surface area contributed by atoms with E-state index in [1.165, 1.54) is 0 Å². The lowest BCUT2D eigenvalue weighted by Gasteiger charge is -2.41. The van der Waals surface area contributed by atoms with Gasteiger partial charge in [-0.3, -0.25) is 0 Å². The van der Waals surface area contributed by atoms with Gasteiger partial charge in [0.25, 0.3) is 0 Å². The molecule has 1 N–H and O–H groups in total. The van der Waals surface area contributed by atoms with Crippen LogP contribution < -0.4 is 0 Å².